The predicted molar refractivity (Wildman–Crippen MR) is 85.5 cm³/mol. The molecule has 18 heavy (non-hydrogen) atoms. The SMILES string of the molecule is Brc1cccc2c1[C@@H]1Sc3cccc(Br)c3[C@@H]1S2. The first-order valence-electron chi connectivity index (χ1n) is 5.66. The van der Waals surface area contributed by atoms with Crippen molar-refractivity contribution in [2.45, 2.75) is 20.3 Å². The van der Waals surface area contributed by atoms with Crippen LogP contribution >= 0.6 is 55.4 Å². The molecule has 0 unspecified atom stereocenters. The van der Waals surface area contributed by atoms with Gasteiger partial charge >= 0.3 is 0 Å². The summed E-state index contributed by atoms with van der Waals surface area (Å²) in [6.07, 6.45) is 0. The lowest BCUT2D eigenvalue weighted by atomic mass is 10.0. The molecule has 0 spiro atoms. The van der Waals surface area contributed by atoms with Crippen LogP contribution in [-0.4, -0.2) is 0 Å². The van der Waals surface area contributed by atoms with E-state index in [4.69, 9.17) is 0 Å². The van der Waals surface area contributed by atoms with Gasteiger partial charge in [0.25, 0.3) is 0 Å². The van der Waals surface area contributed by atoms with E-state index in [1.165, 1.54) is 29.9 Å². The fourth-order valence-corrected chi connectivity index (χ4v) is 7.74. The minimum atomic E-state index is 0.550. The molecule has 0 nitrogen and oxygen atoms in total. The van der Waals surface area contributed by atoms with Gasteiger partial charge in [-0.1, -0.05) is 44.0 Å². The maximum atomic E-state index is 3.71. The van der Waals surface area contributed by atoms with Crippen LogP contribution in [-0.2, 0) is 0 Å². The first-order valence-corrected chi connectivity index (χ1v) is 9.00. The van der Waals surface area contributed by atoms with E-state index in [1.54, 1.807) is 0 Å². The van der Waals surface area contributed by atoms with E-state index in [9.17, 15) is 0 Å². The normalized spacial score (nSPS) is 23.7. The average Bonchev–Trinajstić information content (AvgIpc) is 2.85. The largest absolute Gasteiger partial charge is 0.116 e. The molecule has 0 bridgehead atoms. The molecule has 2 aliphatic rings. The molecule has 0 radical (unpaired) electrons. The lowest BCUT2D eigenvalue weighted by Crippen LogP contribution is -1.93. The number of fused-ring (bicyclic) bond motifs is 5. The number of hydrogen-bond donors (Lipinski definition) is 0. The Morgan fingerprint density at radius 3 is 1.61 bits per heavy atom. The highest BCUT2D eigenvalue weighted by Crippen LogP contribution is 2.68. The molecule has 0 amide bonds. The second kappa shape index (κ2) is 4.30. The van der Waals surface area contributed by atoms with Gasteiger partial charge < -0.3 is 0 Å². The number of benzene rings is 2. The van der Waals surface area contributed by atoms with Gasteiger partial charge in [0.2, 0.25) is 0 Å². The molecule has 2 aromatic rings. The molecule has 2 aliphatic heterocycles. The third-order valence-electron chi connectivity index (χ3n) is 3.38. The van der Waals surface area contributed by atoms with Gasteiger partial charge in [-0.05, 0) is 35.4 Å². The van der Waals surface area contributed by atoms with Crippen LogP contribution in [0.1, 0.15) is 21.6 Å². The molecule has 0 aliphatic carbocycles. The van der Waals surface area contributed by atoms with E-state index in [0.717, 1.165) is 0 Å². The summed E-state index contributed by atoms with van der Waals surface area (Å²) in [7, 11) is 0. The lowest BCUT2D eigenvalue weighted by Gasteiger charge is -2.10. The van der Waals surface area contributed by atoms with Gasteiger partial charge in [0, 0.05) is 18.7 Å². The predicted octanol–water partition coefficient (Wildman–Crippen LogP) is 6.21. The highest BCUT2D eigenvalue weighted by Gasteiger charge is 2.43. The summed E-state index contributed by atoms with van der Waals surface area (Å²) < 4.78 is 2.49. The standard InChI is InChI=1S/C14H8Br2S2/c15-7-3-1-5-9-11(7)13-14(17-9)12-8(16)4-2-6-10(12)18-13/h1-6,13-14H/t13-,14-/m0/s1. The summed E-state index contributed by atoms with van der Waals surface area (Å²) in [5, 5.41) is 1.10. The van der Waals surface area contributed by atoms with Crippen molar-refractivity contribution in [1.29, 1.82) is 0 Å². The highest BCUT2D eigenvalue weighted by atomic mass is 79.9. The minimum absolute atomic E-state index is 0.550. The van der Waals surface area contributed by atoms with Crippen LogP contribution in [0, 0.1) is 0 Å². The zero-order valence-electron chi connectivity index (χ0n) is 9.19. The Bertz CT molecular complexity index is 597. The first kappa shape index (κ1) is 11.9. The Morgan fingerprint density at radius 2 is 1.17 bits per heavy atom. The van der Waals surface area contributed by atoms with Crippen molar-refractivity contribution in [3.63, 3.8) is 0 Å². The smallest absolute Gasteiger partial charge is 0.0530 e. The number of hydrogen-bond acceptors (Lipinski definition) is 2. The molecule has 90 valence electrons. The number of rotatable bonds is 0. The van der Waals surface area contributed by atoms with Gasteiger partial charge in [0.15, 0.2) is 0 Å². The molecule has 0 aromatic heterocycles. The van der Waals surface area contributed by atoms with Crippen LogP contribution < -0.4 is 0 Å². The second-order valence-electron chi connectivity index (χ2n) is 4.38. The van der Waals surface area contributed by atoms with Crippen molar-refractivity contribution < 1.29 is 0 Å². The van der Waals surface area contributed by atoms with Gasteiger partial charge in [-0.3, -0.25) is 0 Å². The fraction of sp³-hybridized carbons (Fsp3) is 0.143. The molecule has 2 aromatic carbocycles. The van der Waals surface area contributed by atoms with Gasteiger partial charge in [-0.15, -0.1) is 23.5 Å². The van der Waals surface area contributed by atoms with Crippen LogP contribution in [0.2, 0.25) is 0 Å². The highest BCUT2D eigenvalue weighted by molar-refractivity contribution is 9.10. The first-order chi connectivity index (χ1) is 8.75. The monoisotopic (exact) mass is 398 g/mol. The van der Waals surface area contributed by atoms with E-state index in [-0.39, 0.29) is 0 Å². The van der Waals surface area contributed by atoms with E-state index in [0.29, 0.717) is 10.5 Å². The van der Waals surface area contributed by atoms with E-state index in [1.807, 2.05) is 23.5 Å². The quantitative estimate of drug-likeness (QED) is 0.516. The molecule has 4 rings (SSSR count). The maximum absolute atomic E-state index is 3.71. The van der Waals surface area contributed by atoms with Crippen LogP contribution in [0.15, 0.2) is 55.1 Å². The topological polar surface area (TPSA) is 0 Å². The summed E-state index contributed by atoms with van der Waals surface area (Å²) in [5.41, 5.74) is 2.95. The zero-order chi connectivity index (χ0) is 12.3. The van der Waals surface area contributed by atoms with Crippen LogP contribution in [0.3, 0.4) is 0 Å². The van der Waals surface area contributed by atoms with Crippen molar-refractivity contribution in [3.8, 4) is 0 Å². The molecule has 0 fully saturated rings. The van der Waals surface area contributed by atoms with Crippen molar-refractivity contribution in [1.82, 2.24) is 0 Å². The molecule has 2 heterocycles. The summed E-state index contributed by atoms with van der Waals surface area (Å²) >= 11 is 11.4. The summed E-state index contributed by atoms with van der Waals surface area (Å²) in [4.78, 5) is 2.85. The van der Waals surface area contributed by atoms with Gasteiger partial charge in [0.1, 0.15) is 0 Å². The Hall–Kier alpha value is 0.1000. The fourth-order valence-electron chi connectivity index (χ4n) is 2.61. The summed E-state index contributed by atoms with van der Waals surface area (Å²) in [6, 6.07) is 13.0. The Labute approximate surface area is 131 Å². The van der Waals surface area contributed by atoms with Crippen molar-refractivity contribution >= 4 is 55.4 Å². The zero-order valence-corrected chi connectivity index (χ0v) is 14.0. The third-order valence-corrected chi connectivity index (χ3v) is 7.68. The lowest BCUT2D eigenvalue weighted by molar-refractivity contribution is 0.928. The third kappa shape index (κ3) is 1.59. The van der Waals surface area contributed by atoms with E-state index >= 15 is 0 Å². The molecular formula is C14H8Br2S2. The summed E-state index contributed by atoms with van der Waals surface area (Å²) in [6.45, 7) is 0. The van der Waals surface area contributed by atoms with Crippen molar-refractivity contribution in [3.05, 3.63) is 56.5 Å². The van der Waals surface area contributed by atoms with Crippen molar-refractivity contribution in [2.75, 3.05) is 0 Å². The molecular weight excluding hydrogens is 392 g/mol. The van der Waals surface area contributed by atoms with Gasteiger partial charge in [-0.2, -0.15) is 0 Å². The second-order valence-corrected chi connectivity index (χ2v) is 8.46. The van der Waals surface area contributed by atoms with E-state index < -0.39 is 0 Å². The Morgan fingerprint density at radius 1 is 0.722 bits per heavy atom. The average molecular weight is 400 g/mol. The Kier molecular flexibility index (Phi) is 2.84. The molecule has 2 atom stereocenters. The summed E-state index contributed by atoms with van der Waals surface area (Å²) in [5.74, 6) is 0. The van der Waals surface area contributed by atoms with Crippen LogP contribution in [0.25, 0.3) is 0 Å². The van der Waals surface area contributed by atoms with Crippen LogP contribution in [0.5, 0.6) is 0 Å². The van der Waals surface area contributed by atoms with Gasteiger partial charge in [0.05, 0.1) is 10.5 Å². The minimum Gasteiger partial charge on any atom is -0.116 e. The van der Waals surface area contributed by atoms with E-state index in [2.05, 4.69) is 68.3 Å². The molecule has 0 saturated carbocycles. The van der Waals surface area contributed by atoms with Gasteiger partial charge in [-0.25, -0.2) is 0 Å². The molecule has 4 heteroatoms. The molecule has 0 saturated heterocycles. The maximum Gasteiger partial charge on any atom is 0.0530 e. The van der Waals surface area contributed by atoms with Crippen LogP contribution in [0.4, 0.5) is 0 Å². The number of thioether (sulfide) groups is 2. The molecule has 0 N–H and O–H groups in total. The van der Waals surface area contributed by atoms with Crippen molar-refractivity contribution in [2.24, 2.45) is 0 Å². The number of halogens is 2. The Balaban J connectivity index is 1.90.